The summed E-state index contributed by atoms with van der Waals surface area (Å²) in [6.07, 6.45) is 1.48. The first kappa shape index (κ1) is 12.0. The lowest BCUT2D eigenvalue weighted by molar-refractivity contribution is 0.0987. The highest BCUT2D eigenvalue weighted by Crippen LogP contribution is 2.25. The molecule has 1 aromatic heterocycles. The smallest absolute Gasteiger partial charge is 0.294 e. The van der Waals surface area contributed by atoms with Gasteiger partial charge in [-0.3, -0.25) is 4.79 Å². The summed E-state index contributed by atoms with van der Waals surface area (Å²) in [4.78, 5) is 11.8. The Hall–Kier alpha value is -1.52. The zero-order valence-electron chi connectivity index (χ0n) is 8.83. The largest absolute Gasteiger partial charge is 0.351 e. The first-order valence-corrected chi connectivity index (χ1v) is 5.51. The first-order valence-electron chi connectivity index (χ1n) is 4.75. The third-order valence-corrected chi connectivity index (χ3v) is 2.87. The second-order valence-electron chi connectivity index (χ2n) is 3.42. The molecule has 0 bridgehead atoms. The molecular weight excluding hydrogens is 263 g/mol. The van der Waals surface area contributed by atoms with Crippen molar-refractivity contribution >= 4 is 34.8 Å². The number of carbonyl (C=O) groups excluding carboxylic acids is 1. The maximum Gasteiger partial charge on any atom is 0.294 e. The molecule has 1 heterocycles. The molecule has 1 amide bonds. The van der Waals surface area contributed by atoms with Crippen molar-refractivity contribution in [2.75, 3.05) is 5.32 Å². The van der Waals surface area contributed by atoms with Gasteiger partial charge < -0.3 is 9.84 Å². The highest BCUT2D eigenvalue weighted by Gasteiger charge is 2.14. The molecule has 0 aliphatic carbocycles. The monoisotopic (exact) mass is 270 g/mol. The summed E-state index contributed by atoms with van der Waals surface area (Å²) in [7, 11) is 0. The van der Waals surface area contributed by atoms with Crippen LogP contribution in [0.25, 0.3) is 0 Å². The normalized spacial score (nSPS) is 10.3. The molecule has 17 heavy (non-hydrogen) atoms. The molecule has 0 atom stereocenters. The molecule has 2 aromatic rings. The third-order valence-electron chi connectivity index (χ3n) is 2.13. The van der Waals surface area contributed by atoms with Gasteiger partial charge in [0.1, 0.15) is 0 Å². The van der Waals surface area contributed by atoms with E-state index in [1.54, 1.807) is 25.1 Å². The van der Waals surface area contributed by atoms with Crippen molar-refractivity contribution in [3.05, 3.63) is 45.8 Å². The van der Waals surface area contributed by atoms with Gasteiger partial charge in [-0.2, -0.15) is 0 Å². The number of halogens is 2. The molecule has 0 radical (unpaired) electrons. The van der Waals surface area contributed by atoms with Crippen molar-refractivity contribution < 1.29 is 9.32 Å². The summed E-state index contributed by atoms with van der Waals surface area (Å²) in [5.41, 5.74) is 1.21. The van der Waals surface area contributed by atoms with Gasteiger partial charge in [0.05, 0.1) is 16.2 Å². The van der Waals surface area contributed by atoms with Crippen LogP contribution in [0, 0.1) is 6.92 Å². The summed E-state index contributed by atoms with van der Waals surface area (Å²) in [6.45, 7) is 1.74. The molecule has 0 spiro atoms. The Morgan fingerprint density at radius 1 is 1.35 bits per heavy atom. The molecule has 0 aliphatic rings. The molecule has 2 rings (SSSR count). The van der Waals surface area contributed by atoms with Crippen LogP contribution in [-0.2, 0) is 0 Å². The minimum absolute atomic E-state index is 0.177. The van der Waals surface area contributed by atoms with Crippen molar-refractivity contribution in [2.45, 2.75) is 6.92 Å². The number of amides is 1. The lowest BCUT2D eigenvalue weighted by atomic mass is 10.2. The number of rotatable bonds is 2. The lowest BCUT2D eigenvalue weighted by Crippen LogP contribution is -2.12. The second-order valence-corrected chi connectivity index (χ2v) is 4.24. The molecule has 0 unspecified atom stereocenters. The first-order chi connectivity index (χ1) is 8.08. The maximum atomic E-state index is 11.8. The van der Waals surface area contributed by atoms with E-state index in [-0.39, 0.29) is 11.7 Å². The van der Waals surface area contributed by atoms with Crippen LogP contribution in [0.5, 0.6) is 0 Å². The summed E-state index contributed by atoms with van der Waals surface area (Å²) in [6, 6.07) is 4.82. The van der Waals surface area contributed by atoms with Crippen molar-refractivity contribution in [3.63, 3.8) is 0 Å². The predicted molar refractivity (Wildman–Crippen MR) is 65.7 cm³/mol. The van der Waals surface area contributed by atoms with Gasteiger partial charge in [-0.1, -0.05) is 28.4 Å². The van der Waals surface area contributed by atoms with E-state index in [2.05, 4.69) is 10.5 Å². The Bertz CT molecular complexity index is 566. The summed E-state index contributed by atoms with van der Waals surface area (Å²) < 4.78 is 4.83. The molecule has 1 N–H and O–H groups in total. The van der Waals surface area contributed by atoms with Crippen LogP contribution in [-0.4, -0.2) is 11.1 Å². The van der Waals surface area contributed by atoms with Gasteiger partial charge in [0.25, 0.3) is 5.91 Å². The molecular formula is C11H8Cl2N2O2. The molecule has 88 valence electrons. The fraction of sp³-hybridized carbons (Fsp3) is 0.0909. The van der Waals surface area contributed by atoms with E-state index in [9.17, 15) is 4.79 Å². The number of nitrogens with zero attached hydrogens (tertiary/aromatic N) is 1. The number of aromatic nitrogens is 1. The van der Waals surface area contributed by atoms with E-state index in [0.717, 1.165) is 0 Å². The summed E-state index contributed by atoms with van der Waals surface area (Å²) >= 11 is 11.6. The maximum absolute atomic E-state index is 11.8. The van der Waals surface area contributed by atoms with Gasteiger partial charge in [0.2, 0.25) is 5.76 Å². The number of anilines is 1. The fourth-order valence-electron chi connectivity index (χ4n) is 1.27. The Labute approximate surface area is 108 Å². The van der Waals surface area contributed by atoms with Crippen LogP contribution in [0.1, 0.15) is 16.1 Å². The minimum Gasteiger partial charge on any atom is -0.351 e. The Morgan fingerprint density at radius 2 is 2.12 bits per heavy atom. The topological polar surface area (TPSA) is 55.1 Å². The van der Waals surface area contributed by atoms with Crippen LogP contribution < -0.4 is 5.32 Å². The quantitative estimate of drug-likeness (QED) is 0.908. The number of aryl methyl sites for hydroxylation is 1. The van der Waals surface area contributed by atoms with E-state index in [4.69, 9.17) is 27.7 Å². The number of nitrogens with one attached hydrogen (secondary N) is 1. The van der Waals surface area contributed by atoms with E-state index < -0.39 is 0 Å². The van der Waals surface area contributed by atoms with Crippen molar-refractivity contribution in [1.82, 2.24) is 5.16 Å². The molecule has 0 saturated heterocycles. The number of benzene rings is 1. The molecule has 1 aromatic carbocycles. The highest BCUT2D eigenvalue weighted by molar-refractivity contribution is 6.42. The van der Waals surface area contributed by atoms with Gasteiger partial charge >= 0.3 is 0 Å². The molecule has 0 aliphatic heterocycles. The number of carbonyl (C=O) groups is 1. The summed E-state index contributed by atoms with van der Waals surface area (Å²) in [5, 5.41) is 6.98. The number of hydrogen-bond acceptors (Lipinski definition) is 3. The zero-order chi connectivity index (χ0) is 12.4. The Morgan fingerprint density at radius 3 is 2.71 bits per heavy atom. The van der Waals surface area contributed by atoms with Crippen LogP contribution in [0.4, 0.5) is 5.69 Å². The van der Waals surface area contributed by atoms with E-state index in [1.165, 1.54) is 6.20 Å². The fourth-order valence-corrected chi connectivity index (χ4v) is 1.57. The standard InChI is InChI=1S/C11H8Cl2N2O2/c1-6-5-14-17-10(6)11(16)15-7-2-3-8(12)9(13)4-7/h2-5H,1H3,(H,15,16). The molecule has 6 heteroatoms. The van der Waals surface area contributed by atoms with Gasteiger partial charge in [0.15, 0.2) is 0 Å². The minimum atomic E-state index is -0.376. The van der Waals surface area contributed by atoms with Crippen LogP contribution >= 0.6 is 23.2 Å². The van der Waals surface area contributed by atoms with Gasteiger partial charge in [-0.05, 0) is 25.1 Å². The highest BCUT2D eigenvalue weighted by atomic mass is 35.5. The van der Waals surface area contributed by atoms with Crippen molar-refractivity contribution in [2.24, 2.45) is 0 Å². The Kier molecular flexibility index (Phi) is 3.36. The molecule has 4 nitrogen and oxygen atoms in total. The van der Waals surface area contributed by atoms with Gasteiger partial charge in [-0.15, -0.1) is 0 Å². The predicted octanol–water partition coefficient (Wildman–Crippen LogP) is 3.54. The van der Waals surface area contributed by atoms with Gasteiger partial charge in [0, 0.05) is 11.3 Å². The van der Waals surface area contributed by atoms with Crippen molar-refractivity contribution in [1.29, 1.82) is 0 Å². The Balaban J connectivity index is 2.19. The average Bonchev–Trinajstić information content (AvgIpc) is 2.70. The SMILES string of the molecule is Cc1cnoc1C(=O)Nc1ccc(Cl)c(Cl)c1. The number of hydrogen-bond donors (Lipinski definition) is 1. The van der Waals surface area contributed by atoms with Crippen LogP contribution in [0.3, 0.4) is 0 Å². The van der Waals surface area contributed by atoms with E-state index in [0.29, 0.717) is 21.3 Å². The summed E-state index contributed by atoms with van der Waals surface area (Å²) in [5.74, 6) is -0.200. The van der Waals surface area contributed by atoms with Gasteiger partial charge in [-0.25, -0.2) is 0 Å². The third kappa shape index (κ3) is 2.60. The second kappa shape index (κ2) is 4.77. The zero-order valence-corrected chi connectivity index (χ0v) is 10.3. The lowest BCUT2D eigenvalue weighted by Gasteiger charge is -2.04. The van der Waals surface area contributed by atoms with E-state index >= 15 is 0 Å². The molecule has 0 saturated carbocycles. The van der Waals surface area contributed by atoms with E-state index in [1.807, 2.05) is 0 Å². The molecule has 0 fully saturated rings. The van der Waals surface area contributed by atoms with Crippen LogP contribution in [0.15, 0.2) is 28.9 Å². The van der Waals surface area contributed by atoms with Crippen LogP contribution in [0.2, 0.25) is 10.0 Å². The van der Waals surface area contributed by atoms with Crippen molar-refractivity contribution in [3.8, 4) is 0 Å². The average molecular weight is 271 g/mol.